The van der Waals surface area contributed by atoms with Gasteiger partial charge in [-0.25, -0.2) is 4.98 Å². The van der Waals surface area contributed by atoms with Crippen molar-refractivity contribution in [2.45, 2.75) is 45.1 Å². The van der Waals surface area contributed by atoms with Crippen molar-refractivity contribution in [3.8, 4) is 0 Å². The van der Waals surface area contributed by atoms with E-state index in [0.29, 0.717) is 6.04 Å². The second-order valence-electron chi connectivity index (χ2n) is 4.57. The van der Waals surface area contributed by atoms with Crippen LogP contribution in [0, 0.1) is 0 Å². The normalized spacial score (nSPS) is 16.5. The first-order chi connectivity index (χ1) is 8.42. The van der Waals surface area contributed by atoms with Gasteiger partial charge in [-0.1, -0.05) is 12.8 Å². The van der Waals surface area contributed by atoms with E-state index in [1.54, 1.807) is 0 Å². The zero-order valence-electron chi connectivity index (χ0n) is 10.7. The summed E-state index contributed by atoms with van der Waals surface area (Å²) < 4.78 is 7.62. The molecule has 0 atom stereocenters. The molecule has 1 fully saturated rings. The molecule has 17 heavy (non-hydrogen) atoms. The van der Waals surface area contributed by atoms with Gasteiger partial charge in [0.25, 0.3) is 0 Å². The molecule has 1 saturated carbocycles. The summed E-state index contributed by atoms with van der Waals surface area (Å²) in [6, 6.07) is 0.659. The lowest BCUT2D eigenvalue weighted by atomic mass is 10.2. The van der Waals surface area contributed by atoms with Gasteiger partial charge < -0.3 is 14.6 Å². The van der Waals surface area contributed by atoms with Crippen LogP contribution in [0.2, 0.25) is 0 Å². The Morgan fingerprint density at radius 1 is 1.47 bits per heavy atom. The number of aromatic nitrogens is 2. The van der Waals surface area contributed by atoms with Crippen molar-refractivity contribution in [2.75, 3.05) is 25.1 Å². The van der Waals surface area contributed by atoms with E-state index in [1.165, 1.54) is 25.7 Å². The van der Waals surface area contributed by atoms with Crippen molar-refractivity contribution in [3.63, 3.8) is 0 Å². The monoisotopic (exact) mass is 237 g/mol. The van der Waals surface area contributed by atoms with E-state index in [0.717, 1.165) is 32.1 Å². The number of hydrogen-bond acceptors (Lipinski definition) is 3. The third-order valence-corrected chi connectivity index (χ3v) is 3.34. The minimum absolute atomic E-state index is 0.659. The van der Waals surface area contributed by atoms with Gasteiger partial charge in [-0.3, -0.25) is 0 Å². The Labute approximate surface area is 103 Å². The van der Waals surface area contributed by atoms with Crippen LogP contribution in [-0.4, -0.2) is 29.3 Å². The molecule has 1 heterocycles. The van der Waals surface area contributed by atoms with Crippen LogP contribution in [0.1, 0.15) is 45.1 Å². The molecule has 4 nitrogen and oxygen atoms in total. The number of nitrogens with one attached hydrogen (secondary N) is 1. The van der Waals surface area contributed by atoms with E-state index in [9.17, 15) is 0 Å². The quantitative estimate of drug-likeness (QED) is 0.741. The minimum atomic E-state index is 0.659. The molecule has 0 unspecified atom stereocenters. The molecule has 96 valence electrons. The average Bonchev–Trinajstić information content (AvgIpc) is 2.98. The van der Waals surface area contributed by atoms with Crippen LogP contribution >= 0.6 is 0 Å². The first kappa shape index (κ1) is 12.4. The smallest absolute Gasteiger partial charge is 0.203 e. The van der Waals surface area contributed by atoms with Crippen molar-refractivity contribution in [2.24, 2.45) is 0 Å². The van der Waals surface area contributed by atoms with Gasteiger partial charge in [0.2, 0.25) is 5.95 Å². The van der Waals surface area contributed by atoms with Gasteiger partial charge in [0.1, 0.15) is 0 Å². The van der Waals surface area contributed by atoms with Crippen LogP contribution in [0.15, 0.2) is 12.4 Å². The molecule has 4 heteroatoms. The van der Waals surface area contributed by atoms with E-state index in [-0.39, 0.29) is 0 Å². The van der Waals surface area contributed by atoms with E-state index in [2.05, 4.69) is 21.1 Å². The van der Waals surface area contributed by atoms with Gasteiger partial charge in [-0.2, -0.15) is 0 Å². The highest BCUT2D eigenvalue weighted by molar-refractivity contribution is 5.26. The Balaban J connectivity index is 1.78. The first-order valence-electron chi connectivity index (χ1n) is 6.76. The van der Waals surface area contributed by atoms with Gasteiger partial charge in [0, 0.05) is 38.2 Å². The molecule has 2 rings (SSSR count). The molecule has 0 radical (unpaired) electrons. The fourth-order valence-corrected chi connectivity index (χ4v) is 2.45. The molecule has 1 aromatic rings. The number of imidazole rings is 1. The molecule has 1 aliphatic carbocycles. The number of ether oxygens (including phenoxy) is 1. The van der Waals surface area contributed by atoms with Gasteiger partial charge in [0.15, 0.2) is 0 Å². The zero-order valence-corrected chi connectivity index (χ0v) is 10.7. The van der Waals surface area contributed by atoms with E-state index < -0.39 is 0 Å². The van der Waals surface area contributed by atoms with Gasteiger partial charge >= 0.3 is 0 Å². The van der Waals surface area contributed by atoms with Gasteiger partial charge in [0.05, 0.1) is 0 Å². The zero-order chi connectivity index (χ0) is 11.9. The molecule has 0 bridgehead atoms. The summed E-state index contributed by atoms with van der Waals surface area (Å²) >= 11 is 0. The maximum atomic E-state index is 5.32. The van der Waals surface area contributed by atoms with E-state index in [4.69, 9.17) is 4.74 Å². The summed E-state index contributed by atoms with van der Waals surface area (Å²) in [5.41, 5.74) is 0. The van der Waals surface area contributed by atoms with Crippen LogP contribution in [-0.2, 0) is 4.74 Å². The summed E-state index contributed by atoms with van der Waals surface area (Å²) in [5, 5.41) is 3.40. The van der Waals surface area contributed by atoms with Gasteiger partial charge in [-0.05, 0) is 26.2 Å². The molecule has 0 aromatic carbocycles. The first-order valence-corrected chi connectivity index (χ1v) is 6.76. The van der Waals surface area contributed by atoms with Crippen LogP contribution in [0.5, 0.6) is 0 Å². The lowest BCUT2D eigenvalue weighted by molar-refractivity contribution is 0.147. The average molecular weight is 237 g/mol. The minimum Gasteiger partial charge on any atom is -0.382 e. The molecule has 1 aliphatic rings. The Morgan fingerprint density at radius 2 is 2.29 bits per heavy atom. The Bertz CT molecular complexity index is 318. The number of hydrogen-bond donors (Lipinski definition) is 1. The van der Waals surface area contributed by atoms with Crippen molar-refractivity contribution in [1.29, 1.82) is 0 Å². The summed E-state index contributed by atoms with van der Waals surface area (Å²) in [4.78, 5) is 4.39. The second-order valence-corrected chi connectivity index (χ2v) is 4.57. The number of nitrogens with zero attached hydrogens (tertiary/aromatic N) is 2. The number of anilines is 1. The van der Waals surface area contributed by atoms with Crippen LogP contribution in [0.4, 0.5) is 5.95 Å². The second kappa shape index (κ2) is 6.64. The summed E-state index contributed by atoms with van der Waals surface area (Å²) in [6.45, 7) is 4.59. The predicted molar refractivity (Wildman–Crippen MR) is 69.3 cm³/mol. The SMILES string of the molecule is CCOCCCNc1nccn1C1CCCC1. The fourth-order valence-electron chi connectivity index (χ4n) is 2.45. The van der Waals surface area contributed by atoms with Gasteiger partial charge in [-0.15, -0.1) is 0 Å². The highest BCUT2D eigenvalue weighted by Gasteiger charge is 2.18. The molecule has 0 amide bonds. The van der Waals surface area contributed by atoms with E-state index >= 15 is 0 Å². The highest BCUT2D eigenvalue weighted by Crippen LogP contribution is 2.31. The lowest BCUT2D eigenvalue weighted by Gasteiger charge is -2.15. The number of rotatable bonds is 7. The maximum absolute atomic E-state index is 5.32. The molecule has 1 N–H and O–H groups in total. The molecular weight excluding hydrogens is 214 g/mol. The van der Waals surface area contributed by atoms with E-state index in [1.807, 2.05) is 13.1 Å². The van der Waals surface area contributed by atoms with Crippen LogP contribution < -0.4 is 5.32 Å². The lowest BCUT2D eigenvalue weighted by Crippen LogP contribution is -2.13. The Hall–Kier alpha value is -1.03. The van der Waals surface area contributed by atoms with Crippen molar-refractivity contribution in [1.82, 2.24) is 9.55 Å². The summed E-state index contributed by atoms with van der Waals surface area (Å²) in [6.07, 6.45) is 10.3. The molecular formula is C13H23N3O. The van der Waals surface area contributed by atoms with Crippen LogP contribution in [0.3, 0.4) is 0 Å². The fraction of sp³-hybridized carbons (Fsp3) is 0.769. The molecule has 0 aliphatic heterocycles. The molecule has 0 spiro atoms. The highest BCUT2D eigenvalue weighted by atomic mass is 16.5. The summed E-state index contributed by atoms with van der Waals surface area (Å²) in [5.74, 6) is 1.02. The summed E-state index contributed by atoms with van der Waals surface area (Å²) in [7, 11) is 0. The Kier molecular flexibility index (Phi) is 4.86. The maximum Gasteiger partial charge on any atom is 0.203 e. The van der Waals surface area contributed by atoms with Crippen LogP contribution in [0.25, 0.3) is 0 Å². The predicted octanol–water partition coefficient (Wildman–Crippen LogP) is 2.84. The molecule has 1 aromatic heterocycles. The van der Waals surface area contributed by atoms with Crippen molar-refractivity contribution < 1.29 is 4.74 Å². The topological polar surface area (TPSA) is 39.1 Å². The Morgan fingerprint density at radius 3 is 3.06 bits per heavy atom. The largest absolute Gasteiger partial charge is 0.382 e. The van der Waals surface area contributed by atoms with Crippen molar-refractivity contribution >= 4 is 5.95 Å². The molecule has 0 saturated heterocycles. The third-order valence-electron chi connectivity index (χ3n) is 3.34. The third kappa shape index (κ3) is 3.46. The standard InChI is InChI=1S/C13H23N3O/c1-2-17-11-5-8-14-13-15-9-10-16(13)12-6-3-4-7-12/h9-10,12H,2-8,11H2,1H3,(H,14,15). The van der Waals surface area contributed by atoms with Crippen molar-refractivity contribution in [3.05, 3.63) is 12.4 Å².